The summed E-state index contributed by atoms with van der Waals surface area (Å²) in [7, 11) is -2.33. The summed E-state index contributed by atoms with van der Waals surface area (Å²) in [6.45, 7) is 4.32. The van der Waals surface area contributed by atoms with Crippen molar-refractivity contribution < 1.29 is 13.2 Å². The molecule has 0 fully saturated rings. The Bertz CT molecular complexity index is 753. The Morgan fingerprint density at radius 3 is 2.71 bits per heavy atom. The minimum Gasteiger partial charge on any atom is -0.495 e. The molecule has 114 valence electrons. The summed E-state index contributed by atoms with van der Waals surface area (Å²) in [5, 5.41) is -0.0358. The number of aromatic nitrogens is 2. The third kappa shape index (κ3) is 3.10. The van der Waals surface area contributed by atoms with Gasteiger partial charge in [-0.25, -0.2) is 4.98 Å². The summed E-state index contributed by atoms with van der Waals surface area (Å²) in [5.74, 6) is 1.02. The van der Waals surface area contributed by atoms with Crippen LogP contribution in [0.15, 0.2) is 29.4 Å². The number of nitrogen functional groups attached to an aromatic ring is 1. The molecular formula is C13H18N4O3S. The van der Waals surface area contributed by atoms with Gasteiger partial charge in [0.1, 0.15) is 11.6 Å². The number of nitrogens with one attached hydrogen (secondary N) is 1. The van der Waals surface area contributed by atoms with Crippen LogP contribution in [-0.2, 0) is 16.6 Å². The Morgan fingerprint density at radius 1 is 1.43 bits per heavy atom. The Morgan fingerprint density at radius 2 is 2.14 bits per heavy atom. The van der Waals surface area contributed by atoms with E-state index >= 15 is 0 Å². The van der Waals surface area contributed by atoms with Crippen LogP contribution in [-0.4, -0.2) is 25.1 Å². The molecule has 1 aromatic heterocycles. The standard InChI is InChI=1S/C13H18N4O3S/c1-4-17-8-13(15-9(17)2)21(18,19)16-11-7-10(14)5-6-12(11)20-3/h5-8,16H,4,14H2,1-3H3. The van der Waals surface area contributed by atoms with E-state index in [-0.39, 0.29) is 10.7 Å². The maximum atomic E-state index is 12.4. The van der Waals surface area contributed by atoms with Crippen LogP contribution in [0.3, 0.4) is 0 Å². The lowest BCUT2D eigenvalue weighted by Gasteiger charge is -2.11. The number of anilines is 2. The number of imidazole rings is 1. The minimum absolute atomic E-state index is 0.0358. The summed E-state index contributed by atoms with van der Waals surface area (Å²) in [5.41, 5.74) is 6.39. The zero-order valence-electron chi connectivity index (χ0n) is 12.1. The molecule has 1 aromatic carbocycles. The summed E-state index contributed by atoms with van der Waals surface area (Å²) in [4.78, 5) is 4.07. The van der Waals surface area contributed by atoms with Crippen LogP contribution >= 0.6 is 0 Å². The van der Waals surface area contributed by atoms with Gasteiger partial charge < -0.3 is 15.0 Å². The fourth-order valence-electron chi connectivity index (χ4n) is 1.93. The molecule has 0 aliphatic rings. The maximum Gasteiger partial charge on any atom is 0.281 e. The predicted octanol–water partition coefficient (Wildman–Crippen LogP) is 1.60. The van der Waals surface area contributed by atoms with E-state index in [0.717, 1.165) is 0 Å². The van der Waals surface area contributed by atoms with Gasteiger partial charge in [-0.1, -0.05) is 0 Å². The number of nitrogens with zero attached hydrogens (tertiary/aromatic N) is 2. The van der Waals surface area contributed by atoms with Gasteiger partial charge in [-0.05, 0) is 32.0 Å². The van der Waals surface area contributed by atoms with Gasteiger partial charge in [-0.15, -0.1) is 0 Å². The first-order valence-corrected chi connectivity index (χ1v) is 7.85. The van der Waals surface area contributed by atoms with Crippen molar-refractivity contribution in [3.8, 4) is 5.75 Å². The van der Waals surface area contributed by atoms with Crippen molar-refractivity contribution >= 4 is 21.4 Å². The molecule has 21 heavy (non-hydrogen) atoms. The van der Waals surface area contributed by atoms with Crippen LogP contribution in [0.25, 0.3) is 0 Å². The van der Waals surface area contributed by atoms with Crippen LogP contribution in [0.5, 0.6) is 5.75 Å². The number of hydrogen-bond donors (Lipinski definition) is 2. The number of sulfonamides is 1. The normalized spacial score (nSPS) is 11.4. The van der Waals surface area contributed by atoms with Gasteiger partial charge in [0.25, 0.3) is 10.0 Å². The summed E-state index contributed by atoms with van der Waals surface area (Å²) in [6, 6.07) is 4.73. The van der Waals surface area contributed by atoms with Gasteiger partial charge in [0.2, 0.25) is 0 Å². The predicted molar refractivity (Wildman–Crippen MR) is 80.9 cm³/mol. The van der Waals surface area contributed by atoms with E-state index < -0.39 is 10.0 Å². The van der Waals surface area contributed by atoms with Crippen molar-refractivity contribution in [2.45, 2.75) is 25.4 Å². The molecule has 7 nitrogen and oxygen atoms in total. The lowest BCUT2D eigenvalue weighted by atomic mass is 10.2. The molecule has 3 N–H and O–H groups in total. The van der Waals surface area contributed by atoms with Crippen molar-refractivity contribution in [2.75, 3.05) is 17.6 Å². The monoisotopic (exact) mass is 310 g/mol. The fraction of sp³-hybridized carbons (Fsp3) is 0.308. The number of nitrogens with two attached hydrogens (primary N) is 1. The lowest BCUT2D eigenvalue weighted by molar-refractivity contribution is 0.417. The average molecular weight is 310 g/mol. The van der Waals surface area contributed by atoms with E-state index in [0.29, 0.717) is 23.8 Å². The zero-order chi connectivity index (χ0) is 15.6. The van der Waals surface area contributed by atoms with E-state index in [2.05, 4.69) is 9.71 Å². The van der Waals surface area contributed by atoms with Gasteiger partial charge in [-0.3, -0.25) is 4.72 Å². The number of hydrogen-bond acceptors (Lipinski definition) is 5. The van der Waals surface area contributed by atoms with E-state index in [1.807, 2.05) is 6.92 Å². The molecule has 2 rings (SSSR count). The molecule has 0 spiro atoms. The van der Waals surface area contributed by atoms with Gasteiger partial charge in [0.15, 0.2) is 5.03 Å². The van der Waals surface area contributed by atoms with Crippen LogP contribution in [0.4, 0.5) is 11.4 Å². The fourth-order valence-corrected chi connectivity index (χ4v) is 3.00. The van der Waals surface area contributed by atoms with E-state index in [9.17, 15) is 8.42 Å². The Balaban J connectivity index is 2.39. The zero-order valence-corrected chi connectivity index (χ0v) is 12.9. The molecule has 2 aromatic rings. The Kier molecular flexibility index (Phi) is 4.08. The second-order valence-electron chi connectivity index (χ2n) is 4.48. The molecule has 0 amide bonds. The van der Waals surface area contributed by atoms with Crippen LogP contribution in [0, 0.1) is 6.92 Å². The third-order valence-electron chi connectivity index (χ3n) is 3.04. The maximum absolute atomic E-state index is 12.4. The average Bonchev–Trinajstić information content (AvgIpc) is 2.81. The van der Waals surface area contributed by atoms with E-state index in [1.165, 1.54) is 19.4 Å². The molecule has 0 unspecified atom stereocenters. The number of rotatable bonds is 5. The highest BCUT2D eigenvalue weighted by molar-refractivity contribution is 7.92. The number of aryl methyl sites for hydroxylation is 2. The van der Waals surface area contributed by atoms with Gasteiger partial charge in [-0.2, -0.15) is 8.42 Å². The molecule has 0 saturated heterocycles. The number of ether oxygens (including phenoxy) is 1. The van der Waals surface area contributed by atoms with Crippen molar-refractivity contribution in [2.24, 2.45) is 0 Å². The number of benzene rings is 1. The summed E-state index contributed by atoms with van der Waals surface area (Å²) in [6.07, 6.45) is 1.50. The molecule has 8 heteroatoms. The largest absolute Gasteiger partial charge is 0.495 e. The highest BCUT2D eigenvalue weighted by atomic mass is 32.2. The van der Waals surface area contributed by atoms with Crippen LogP contribution in [0.2, 0.25) is 0 Å². The lowest BCUT2D eigenvalue weighted by Crippen LogP contribution is -2.14. The number of methoxy groups -OCH3 is 1. The Hall–Kier alpha value is -2.22. The molecular weight excluding hydrogens is 292 g/mol. The Labute approximate surface area is 123 Å². The van der Waals surface area contributed by atoms with E-state index in [1.54, 1.807) is 23.6 Å². The molecule has 0 atom stereocenters. The van der Waals surface area contributed by atoms with Gasteiger partial charge >= 0.3 is 0 Å². The molecule has 1 heterocycles. The van der Waals surface area contributed by atoms with Gasteiger partial charge in [0.05, 0.1) is 12.8 Å². The first-order valence-electron chi connectivity index (χ1n) is 6.37. The highest BCUT2D eigenvalue weighted by Crippen LogP contribution is 2.28. The molecule has 0 aliphatic heterocycles. The SMILES string of the molecule is CCn1cc(S(=O)(=O)Nc2cc(N)ccc2OC)nc1C. The minimum atomic E-state index is -3.79. The summed E-state index contributed by atoms with van der Waals surface area (Å²) >= 11 is 0. The van der Waals surface area contributed by atoms with Crippen LogP contribution in [0.1, 0.15) is 12.7 Å². The molecule has 0 bridgehead atoms. The van der Waals surface area contributed by atoms with E-state index in [4.69, 9.17) is 10.5 Å². The van der Waals surface area contributed by atoms with Crippen molar-refractivity contribution in [1.29, 1.82) is 0 Å². The first-order chi connectivity index (χ1) is 9.87. The first kappa shape index (κ1) is 15.2. The molecule has 0 aliphatic carbocycles. The smallest absolute Gasteiger partial charge is 0.281 e. The van der Waals surface area contributed by atoms with Crippen molar-refractivity contribution in [3.05, 3.63) is 30.2 Å². The van der Waals surface area contributed by atoms with Crippen molar-refractivity contribution in [1.82, 2.24) is 9.55 Å². The second-order valence-corrected chi connectivity index (χ2v) is 6.11. The molecule has 0 radical (unpaired) electrons. The van der Waals surface area contributed by atoms with Crippen LogP contribution < -0.4 is 15.2 Å². The van der Waals surface area contributed by atoms with Gasteiger partial charge in [0, 0.05) is 18.4 Å². The summed E-state index contributed by atoms with van der Waals surface area (Å²) < 4.78 is 34.1. The topological polar surface area (TPSA) is 99.2 Å². The highest BCUT2D eigenvalue weighted by Gasteiger charge is 2.20. The third-order valence-corrected chi connectivity index (χ3v) is 4.27. The molecule has 0 saturated carbocycles. The second kappa shape index (κ2) is 5.65. The quantitative estimate of drug-likeness (QED) is 0.817. The van der Waals surface area contributed by atoms with Crippen molar-refractivity contribution in [3.63, 3.8) is 0 Å².